The van der Waals surface area contributed by atoms with Crippen molar-refractivity contribution in [2.24, 2.45) is 5.73 Å². The lowest BCUT2D eigenvalue weighted by Crippen LogP contribution is -2.14. The second kappa shape index (κ2) is 5.23. The predicted molar refractivity (Wildman–Crippen MR) is 61.5 cm³/mol. The van der Waals surface area contributed by atoms with Gasteiger partial charge in [-0.25, -0.2) is 12.8 Å². The summed E-state index contributed by atoms with van der Waals surface area (Å²) in [7, 11) is -3.49. The van der Waals surface area contributed by atoms with Crippen molar-refractivity contribution in [3.63, 3.8) is 0 Å². The van der Waals surface area contributed by atoms with Gasteiger partial charge in [0.25, 0.3) is 0 Å². The average Bonchev–Trinajstić information content (AvgIpc) is 2.26. The number of hydrogen-bond donors (Lipinski definition) is 1. The molecule has 0 aliphatic carbocycles. The molecule has 0 fully saturated rings. The third-order valence-corrected chi connectivity index (χ3v) is 3.91. The summed E-state index contributed by atoms with van der Waals surface area (Å²) < 4.78 is 35.9. The van der Waals surface area contributed by atoms with Gasteiger partial charge in [0.15, 0.2) is 9.84 Å². The van der Waals surface area contributed by atoms with Crippen LogP contribution in [0, 0.1) is 6.92 Å². The zero-order valence-electron chi connectivity index (χ0n) is 8.98. The lowest BCUT2D eigenvalue weighted by molar-refractivity contribution is 0.596. The van der Waals surface area contributed by atoms with E-state index in [1.165, 1.54) is 12.1 Å². The quantitative estimate of drug-likeness (QED) is 0.873. The molecule has 16 heavy (non-hydrogen) atoms. The van der Waals surface area contributed by atoms with Crippen molar-refractivity contribution in [3.8, 4) is 0 Å². The molecule has 88 valence electrons. The summed E-state index contributed by atoms with van der Waals surface area (Å²) in [5.41, 5.74) is 6.26. The molecule has 1 aromatic rings. The van der Waals surface area contributed by atoms with E-state index in [1.807, 2.05) is 6.92 Å². The number of halogens is 1. The summed E-state index contributed by atoms with van der Waals surface area (Å²) >= 11 is 0. The second-order valence-corrected chi connectivity index (χ2v) is 5.53. The maximum absolute atomic E-state index is 12.3. The van der Waals surface area contributed by atoms with Crippen LogP contribution in [0.2, 0.25) is 0 Å². The van der Waals surface area contributed by atoms with Gasteiger partial charge in [0.2, 0.25) is 0 Å². The summed E-state index contributed by atoms with van der Waals surface area (Å²) in [6.45, 7) is 1.77. The van der Waals surface area contributed by atoms with Crippen molar-refractivity contribution in [1.82, 2.24) is 0 Å². The summed E-state index contributed by atoms with van der Waals surface area (Å²) in [6.07, 6.45) is 0.256. The lowest BCUT2D eigenvalue weighted by atomic mass is 10.2. The van der Waals surface area contributed by atoms with Crippen molar-refractivity contribution in [2.45, 2.75) is 11.8 Å². The van der Waals surface area contributed by atoms with Gasteiger partial charge in [0, 0.05) is 6.54 Å². The van der Waals surface area contributed by atoms with Gasteiger partial charge in [0.1, 0.15) is 0 Å². The first kappa shape index (κ1) is 12.9. The van der Waals surface area contributed by atoms with Crippen LogP contribution in [-0.4, -0.2) is 20.7 Å². The molecule has 3 nitrogen and oxygen atoms in total. The Morgan fingerprint density at radius 1 is 1.38 bits per heavy atom. The summed E-state index contributed by atoms with van der Waals surface area (Å²) in [6, 6.07) is 6.43. The van der Waals surface area contributed by atoms with Crippen LogP contribution in [0.25, 0.3) is 0 Å². The van der Waals surface area contributed by atoms with E-state index in [-0.39, 0.29) is 29.1 Å². The molecule has 5 heteroatoms. The number of aryl methyl sites for hydroxylation is 1. The van der Waals surface area contributed by atoms with Crippen molar-refractivity contribution in [2.75, 3.05) is 12.3 Å². The van der Waals surface area contributed by atoms with Crippen molar-refractivity contribution >= 4 is 9.84 Å². The smallest absolute Gasteiger partial charge is 0.182 e. The minimum absolute atomic E-state index is 0.0700. The van der Waals surface area contributed by atoms with Gasteiger partial charge in [-0.05, 0) is 24.6 Å². The molecule has 0 heterocycles. The number of benzene rings is 1. The van der Waals surface area contributed by atoms with E-state index in [0.29, 0.717) is 0 Å². The maximum atomic E-state index is 12.3. The molecule has 0 saturated heterocycles. The third-order valence-electron chi connectivity index (χ3n) is 2.17. The fraction of sp³-hybridized carbons (Fsp3) is 0.273. The Morgan fingerprint density at radius 2 is 1.94 bits per heavy atom. The van der Waals surface area contributed by atoms with Gasteiger partial charge in [-0.2, -0.15) is 0 Å². The fourth-order valence-electron chi connectivity index (χ4n) is 1.21. The molecule has 0 saturated carbocycles. The highest BCUT2D eigenvalue weighted by molar-refractivity contribution is 7.91. The first-order valence-corrected chi connectivity index (χ1v) is 6.42. The Balaban J connectivity index is 2.99. The summed E-state index contributed by atoms with van der Waals surface area (Å²) in [5.74, 6) is -0.372. The van der Waals surface area contributed by atoms with Crippen LogP contribution in [-0.2, 0) is 9.84 Å². The standard InChI is InChI=1S/C11H14FNO2S/c1-9-2-4-11(5-3-9)16(14,15)8-10(6-12)7-13/h2-6H,7-8,13H2,1H3/b10-6+. The van der Waals surface area contributed by atoms with Gasteiger partial charge >= 0.3 is 0 Å². The summed E-state index contributed by atoms with van der Waals surface area (Å²) in [4.78, 5) is 0.186. The van der Waals surface area contributed by atoms with E-state index in [9.17, 15) is 12.8 Å². The number of sulfone groups is 1. The number of rotatable bonds is 4. The number of nitrogens with two attached hydrogens (primary N) is 1. The van der Waals surface area contributed by atoms with E-state index in [4.69, 9.17) is 5.73 Å². The predicted octanol–water partition coefficient (Wildman–Crippen LogP) is 1.58. The first-order chi connectivity index (χ1) is 7.49. The van der Waals surface area contributed by atoms with Gasteiger partial charge in [-0.15, -0.1) is 0 Å². The molecule has 0 unspecified atom stereocenters. The first-order valence-electron chi connectivity index (χ1n) is 4.77. The summed E-state index contributed by atoms with van der Waals surface area (Å²) in [5, 5.41) is 0. The van der Waals surface area contributed by atoms with E-state index < -0.39 is 9.84 Å². The molecular weight excluding hydrogens is 229 g/mol. The van der Waals surface area contributed by atoms with Crippen molar-refractivity contribution in [3.05, 3.63) is 41.7 Å². The van der Waals surface area contributed by atoms with Gasteiger partial charge < -0.3 is 5.73 Å². The van der Waals surface area contributed by atoms with Crippen molar-refractivity contribution < 1.29 is 12.8 Å². The molecule has 0 amide bonds. The van der Waals surface area contributed by atoms with Crippen LogP contribution in [0.3, 0.4) is 0 Å². The lowest BCUT2D eigenvalue weighted by Gasteiger charge is -2.05. The van der Waals surface area contributed by atoms with Crippen LogP contribution < -0.4 is 5.73 Å². The zero-order chi connectivity index (χ0) is 12.2. The molecule has 0 spiro atoms. The van der Waals surface area contributed by atoms with Crippen LogP contribution in [0.15, 0.2) is 41.1 Å². The van der Waals surface area contributed by atoms with E-state index in [1.54, 1.807) is 12.1 Å². The van der Waals surface area contributed by atoms with Crippen LogP contribution in [0.4, 0.5) is 4.39 Å². The zero-order valence-corrected chi connectivity index (χ0v) is 9.80. The van der Waals surface area contributed by atoms with Crippen LogP contribution in [0.1, 0.15) is 5.56 Å². The highest BCUT2D eigenvalue weighted by Gasteiger charge is 2.15. The second-order valence-electron chi connectivity index (χ2n) is 3.54. The normalized spacial score (nSPS) is 12.8. The molecule has 0 aliphatic heterocycles. The van der Waals surface area contributed by atoms with Gasteiger partial charge in [0.05, 0.1) is 17.0 Å². The average molecular weight is 243 g/mol. The van der Waals surface area contributed by atoms with Gasteiger partial charge in [-0.3, -0.25) is 0 Å². The van der Waals surface area contributed by atoms with E-state index in [2.05, 4.69) is 0 Å². The number of hydrogen-bond acceptors (Lipinski definition) is 3. The van der Waals surface area contributed by atoms with E-state index >= 15 is 0 Å². The Bertz CT molecular complexity index is 477. The van der Waals surface area contributed by atoms with Crippen LogP contribution in [0.5, 0.6) is 0 Å². The monoisotopic (exact) mass is 243 g/mol. The van der Waals surface area contributed by atoms with Crippen LogP contribution >= 0.6 is 0 Å². The topological polar surface area (TPSA) is 60.2 Å². The van der Waals surface area contributed by atoms with Crippen molar-refractivity contribution in [1.29, 1.82) is 0 Å². The highest BCUT2D eigenvalue weighted by atomic mass is 32.2. The molecule has 0 aromatic heterocycles. The maximum Gasteiger partial charge on any atom is 0.182 e. The third kappa shape index (κ3) is 3.15. The Labute approximate surface area is 94.7 Å². The molecule has 1 aromatic carbocycles. The Kier molecular flexibility index (Phi) is 4.20. The largest absolute Gasteiger partial charge is 0.327 e. The molecule has 0 radical (unpaired) electrons. The molecule has 1 rings (SSSR count). The Morgan fingerprint density at radius 3 is 2.38 bits per heavy atom. The minimum Gasteiger partial charge on any atom is -0.327 e. The molecule has 0 bridgehead atoms. The van der Waals surface area contributed by atoms with Gasteiger partial charge in [-0.1, -0.05) is 17.7 Å². The molecule has 0 aliphatic rings. The van der Waals surface area contributed by atoms with E-state index in [0.717, 1.165) is 5.56 Å². The molecular formula is C11H14FNO2S. The minimum atomic E-state index is -3.49. The molecule has 2 N–H and O–H groups in total. The highest BCUT2D eigenvalue weighted by Crippen LogP contribution is 2.14. The molecule has 0 atom stereocenters. The SMILES string of the molecule is Cc1ccc(S(=O)(=O)C/C(=C/F)CN)cc1. The Hall–Kier alpha value is -1.20. The fourth-order valence-corrected chi connectivity index (χ4v) is 2.59.